The molecule has 2 rings (SSSR count). The van der Waals surface area contributed by atoms with E-state index in [0.717, 1.165) is 6.42 Å². The van der Waals surface area contributed by atoms with Crippen molar-refractivity contribution in [3.63, 3.8) is 0 Å². The number of rotatable bonds is 7. The van der Waals surface area contributed by atoms with Crippen molar-refractivity contribution >= 4 is 29.4 Å². The van der Waals surface area contributed by atoms with Crippen LogP contribution in [0.4, 0.5) is 20.7 Å². The number of esters is 1. The highest BCUT2D eigenvalue weighted by Crippen LogP contribution is 2.21. The Hall–Kier alpha value is -3.49. The Kier molecular flexibility index (Phi) is 7.24. The Morgan fingerprint density at radius 1 is 1.15 bits per heavy atom. The molecule has 8 nitrogen and oxygen atoms in total. The minimum Gasteiger partial charge on any atom is -0.452 e. The number of aromatic nitrogens is 1. The van der Waals surface area contributed by atoms with Gasteiger partial charge in [-0.05, 0) is 30.7 Å². The molecular weight excluding hydrogens is 355 g/mol. The summed E-state index contributed by atoms with van der Waals surface area (Å²) < 4.78 is 18.7. The Morgan fingerprint density at radius 2 is 1.93 bits per heavy atom. The van der Waals surface area contributed by atoms with Crippen LogP contribution >= 0.6 is 0 Å². The molecule has 0 spiro atoms. The van der Waals surface area contributed by atoms with E-state index in [2.05, 4.69) is 15.6 Å². The Labute approximate surface area is 155 Å². The average molecular weight is 374 g/mol. The molecule has 0 radical (unpaired) electrons. The fourth-order valence-electron chi connectivity index (χ4n) is 2.01. The number of imide groups is 1. The van der Waals surface area contributed by atoms with Crippen LogP contribution in [0.1, 0.15) is 23.7 Å². The third kappa shape index (κ3) is 6.07. The first-order valence-electron chi connectivity index (χ1n) is 8.22. The molecule has 0 atom stereocenters. The van der Waals surface area contributed by atoms with E-state index < -0.39 is 30.3 Å². The molecule has 0 aliphatic rings. The molecule has 0 aliphatic carbocycles. The zero-order valence-electron chi connectivity index (χ0n) is 14.6. The van der Waals surface area contributed by atoms with E-state index in [1.807, 2.05) is 12.2 Å². The van der Waals surface area contributed by atoms with E-state index >= 15 is 0 Å². The lowest BCUT2D eigenvalue weighted by molar-refractivity contribution is -0.123. The van der Waals surface area contributed by atoms with Crippen LogP contribution in [-0.4, -0.2) is 36.0 Å². The second-order valence-corrected chi connectivity index (χ2v) is 5.38. The second kappa shape index (κ2) is 9.85. The Morgan fingerprint density at radius 3 is 2.67 bits per heavy atom. The van der Waals surface area contributed by atoms with Crippen molar-refractivity contribution in [2.45, 2.75) is 13.3 Å². The molecule has 0 unspecified atom stereocenters. The normalized spacial score (nSPS) is 10.0. The first-order chi connectivity index (χ1) is 13.0. The summed E-state index contributed by atoms with van der Waals surface area (Å²) in [7, 11) is 0. The largest absolute Gasteiger partial charge is 0.452 e. The number of ether oxygens (including phenoxy) is 1. The summed E-state index contributed by atoms with van der Waals surface area (Å²) in [6.45, 7) is 1.64. The van der Waals surface area contributed by atoms with E-state index in [1.54, 1.807) is 6.07 Å². The van der Waals surface area contributed by atoms with Crippen molar-refractivity contribution < 1.29 is 23.5 Å². The minimum absolute atomic E-state index is 0.0176. The van der Waals surface area contributed by atoms with Gasteiger partial charge in [0.15, 0.2) is 6.61 Å². The van der Waals surface area contributed by atoms with Gasteiger partial charge in [0.25, 0.3) is 5.91 Å². The summed E-state index contributed by atoms with van der Waals surface area (Å²) in [6.07, 6.45) is 2.14. The van der Waals surface area contributed by atoms with Crippen molar-refractivity contribution in [1.82, 2.24) is 15.6 Å². The SMILES string of the molecule is CCCNC(=O)NC(=O)COC(=O)c1cccnc1Nc1ccccc1F. The second-order valence-electron chi connectivity index (χ2n) is 5.38. The molecule has 0 saturated carbocycles. The van der Waals surface area contributed by atoms with Crippen LogP contribution in [0.25, 0.3) is 0 Å². The van der Waals surface area contributed by atoms with Gasteiger partial charge in [0.2, 0.25) is 0 Å². The van der Waals surface area contributed by atoms with E-state index in [1.165, 1.54) is 36.5 Å². The zero-order chi connectivity index (χ0) is 19.6. The molecule has 1 aromatic heterocycles. The molecule has 27 heavy (non-hydrogen) atoms. The maximum Gasteiger partial charge on any atom is 0.342 e. The first-order valence-corrected chi connectivity index (χ1v) is 8.22. The molecule has 3 amide bonds. The van der Waals surface area contributed by atoms with Gasteiger partial charge >= 0.3 is 12.0 Å². The summed E-state index contributed by atoms with van der Waals surface area (Å²) in [5, 5.41) is 7.21. The first kappa shape index (κ1) is 19.8. The van der Waals surface area contributed by atoms with Gasteiger partial charge in [0, 0.05) is 12.7 Å². The highest BCUT2D eigenvalue weighted by molar-refractivity contribution is 5.98. The number of nitrogens with one attached hydrogen (secondary N) is 3. The molecule has 0 bridgehead atoms. The van der Waals surface area contributed by atoms with Gasteiger partial charge in [-0.2, -0.15) is 0 Å². The molecule has 0 aliphatic heterocycles. The van der Waals surface area contributed by atoms with Crippen LogP contribution in [0.2, 0.25) is 0 Å². The van der Waals surface area contributed by atoms with Gasteiger partial charge < -0.3 is 15.4 Å². The van der Waals surface area contributed by atoms with Crippen molar-refractivity contribution in [2.75, 3.05) is 18.5 Å². The van der Waals surface area contributed by atoms with Crippen molar-refractivity contribution in [3.05, 3.63) is 54.0 Å². The van der Waals surface area contributed by atoms with Gasteiger partial charge in [-0.1, -0.05) is 19.1 Å². The monoisotopic (exact) mass is 374 g/mol. The van der Waals surface area contributed by atoms with Crippen molar-refractivity contribution in [3.8, 4) is 0 Å². The maximum atomic E-state index is 13.8. The van der Waals surface area contributed by atoms with Crippen LogP contribution in [0, 0.1) is 5.82 Å². The van der Waals surface area contributed by atoms with Gasteiger partial charge in [-0.15, -0.1) is 0 Å². The number of pyridine rings is 1. The smallest absolute Gasteiger partial charge is 0.342 e. The predicted molar refractivity (Wildman–Crippen MR) is 96.0 cm³/mol. The van der Waals surface area contributed by atoms with Crippen molar-refractivity contribution in [1.29, 1.82) is 0 Å². The third-order valence-electron chi connectivity index (χ3n) is 3.28. The molecular formula is C18H19FN4O4. The molecule has 1 heterocycles. The van der Waals surface area contributed by atoms with Gasteiger partial charge in [0.1, 0.15) is 17.2 Å². The quantitative estimate of drug-likeness (QED) is 0.642. The molecule has 0 saturated heterocycles. The summed E-state index contributed by atoms with van der Waals surface area (Å²) in [5.74, 6) is -2.05. The lowest BCUT2D eigenvalue weighted by atomic mass is 10.2. The number of anilines is 2. The fourth-order valence-corrected chi connectivity index (χ4v) is 2.01. The summed E-state index contributed by atoms with van der Waals surface area (Å²) in [4.78, 5) is 39.2. The van der Waals surface area contributed by atoms with E-state index in [9.17, 15) is 18.8 Å². The molecule has 0 fully saturated rings. The molecule has 3 N–H and O–H groups in total. The number of halogens is 1. The highest BCUT2D eigenvalue weighted by Gasteiger charge is 2.17. The van der Waals surface area contributed by atoms with Crippen LogP contribution in [0.3, 0.4) is 0 Å². The summed E-state index contributed by atoms with van der Waals surface area (Å²) in [6, 6.07) is 8.16. The Balaban J connectivity index is 1.98. The lowest BCUT2D eigenvalue weighted by Gasteiger charge is -2.11. The maximum absolute atomic E-state index is 13.8. The summed E-state index contributed by atoms with van der Waals surface area (Å²) in [5.41, 5.74) is 0.152. The van der Waals surface area contributed by atoms with Crippen molar-refractivity contribution in [2.24, 2.45) is 0 Å². The van der Waals surface area contributed by atoms with Gasteiger partial charge in [0.05, 0.1) is 5.69 Å². The average Bonchev–Trinajstić information content (AvgIpc) is 2.66. The topological polar surface area (TPSA) is 109 Å². The number of carbonyl (C=O) groups is 3. The van der Waals surface area contributed by atoms with Crippen LogP contribution in [-0.2, 0) is 9.53 Å². The molecule has 1 aromatic carbocycles. The third-order valence-corrected chi connectivity index (χ3v) is 3.28. The number of para-hydroxylation sites is 1. The number of nitrogens with zero attached hydrogens (tertiary/aromatic N) is 1. The van der Waals surface area contributed by atoms with Crippen LogP contribution in [0.15, 0.2) is 42.6 Å². The highest BCUT2D eigenvalue weighted by atomic mass is 19.1. The fraction of sp³-hybridized carbons (Fsp3) is 0.222. The number of benzene rings is 1. The molecule has 2 aromatic rings. The number of hydrogen-bond acceptors (Lipinski definition) is 6. The minimum atomic E-state index is -0.842. The van der Waals surface area contributed by atoms with E-state index in [0.29, 0.717) is 6.54 Å². The van der Waals surface area contributed by atoms with E-state index in [-0.39, 0.29) is 17.1 Å². The van der Waals surface area contributed by atoms with Gasteiger partial charge in [-0.3, -0.25) is 10.1 Å². The Bertz CT molecular complexity index is 829. The number of urea groups is 1. The molecule has 9 heteroatoms. The zero-order valence-corrected chi connectivity index (χ0v) is 14.6. The van der Waals surface area contributed by atoms with Gasteiger partial charge in [-0.25, -0.2) is 19.0 Å². The van der Waals surface area contributed by atoms with Crippen LogP contribution in [0.5, 0.6) is 0 Å². The predicted octanol–water partition coefficient (Wildman–Crippen LogP) is 2.36. The lowest BCUT2D eigenvalue weighted by Crippen LogP contribution is -2.41. The number of hydrogen-bond donors (Lipinski definition) is 3. The summed E-state index contributed by atoms with van der Waals surface area (Å²) >= 11 is 0. The van der Waals surface area contributed by atoms with E-state index in [4.69, 9.17) is 4.74 Å². The molecule has 142 valence electrons. The number of carbonyl (C=O) groups excluding carboxylic acids is 3. The standard InChI is InChI=1S/C18H19FN4O4/c1-2-9-21-18(26)23-15(24)11-27-17(25)12-6-5-10-20-16(12)22-14-8-4-3-7-13(14)19/h3-8,10H,2,9,11H2,1H3,(H,20,22)(H2,21,23,24,26). The number of amides is 3. The van der Waals surface area contributed by atoms with Crippen LogP contribution < -0.4 is 16.0 Å².